The van der Waals surface area contributed by atoms with E-state index in [-0.39, 0.29) is 0 Å². The summed E-state index contributed by atoms with van der Waals surface area (Å²) in [7, 11) is 0. The Labute approximate surface area is 314 Å². The van der Waals surface area contributed by atoms with Crippen molar-refractivity contribution in [2.75, 3.05) is 4.90 Å². The zero-order valence-electron chi connectivity index (χ0n) is 29.6. The van der Waals surface area contributed by atoms with E-state index < -0.39 is 0 Å². The molecule has 9 aromatic carbocycles. The van der Waals surface area contributed by atoms with Crippen LogP contribution in [0.3, 0.4) is 0 Å². The first-order chi connectivity index (χ1) is 26.8. The SMILES string of the molecule is c1ccc(-c2c(-c3cccc(-c4ccc(-c5ccc(N(c6ccccc6)c6ccc7c(ccc8ccccc87)c6)cc5)cc4)c3)oc3ccccc23)cc1. The van der Waals surface area contributed by atoms with Crippen LogP contribution in [0.25, 0.3) is 77.2 Å². The molecule has 0 unspecified atom stereocenters. The maximum absolute atomic E-state index is 6.52. The minimum absolute atomic E-state index is 0.891. The van der Waals surface area contributed by atoms with Gasteiger partial charge >= 0.3 is 0 Å². The third kappa shape index (κ3) is 5.71. The second kappa shape index (κ2) is 13.4. The van der Waals surface area contributed by atoms with Gasteiger partial charge in [-0.05, 0) is 97.9 Å². The number of furan rings is 1. The van der Waals surface area contributed by atoms with E-state index in [2.05, 4.69) is 205 Å². The molecule has 254 valence electrons. The summed E-state index contributed by atoms with van der Waals surface area (Å²) in [6.45, 7) is 0. The van der Waals surface area contributed by atoms with Gasteiger partial charge in [-0.2, -0.15) is 0 Å². The summed E-state index contributed by atoms with van der Waals surface area (Å²) in [6.07, 6.45) is 0. The van der Waals surface area contributed by atoms with Crippen LogP contribution in [-0.4, -0.2) is 0 Å². The highest BCUT2D eigenvalue weighted by atomic mass is 16.3. The number of benzene rings is 9. The summed E-state index contributed by atoms with van der Waals surface area (Å²) in [4.78, 5) is 2.33. The molecule has 0 aliphatic heterocycles. The molecule has 0 atom stereocenters. The lowest BCUT2D eigenvalue weighted by Crippen LogP contribution is -2.09. The Hall–Kier alpha value is -7.16. The zero-order chi connectivity index (χ0) is 35.8. The minimum Gasteiger partial charge on any atom is -0.455 e. The van der Waals surface area contributed by atoms with Crippen molar-refractivity contribution >= 4 is 49.6 Å². The summed E-state index contributed by atoms with van der Waals surface area (Å²) < 4.78 is 6.52. The highest BCUT2D eigenvalue weighted by Gasteiger charge is 2.18. The number of hydrogen-bond acceptors (Lipinski definition) is 2. The summed E-state index contributed by atoms with van der Waals surface area (Å²) >= 11 is 0. The Morgan fingerprint density at radius 2 is 0.833 bits per heavy atom. The minimum atomic E-state index is 0.891. The van der Waals surface area contributed by atoms with Gasteiger partial charge in [0, 0.05) is 33.6 Å². The van der Waals surface area contributed by atoms with Crippen LogP contribution in [0.5, 0.6) is 0 Å². The van der Waals surface area contributed by atoms with Crippen LogP contribution >= 0.6 is 0 Å². The molecule has 1 aromatic heterocycles. The summed E-state index contributed by atoms with van der Waals surface area (Å²) in [5.74, 6) is 0.891. The van der Waals surface area contributed by atoms with Crippen LogP contribution in [0.2, 0.25) is 0 Å². The normalized spacial score (nSPS) is 11.3. The van der Waals surface area contributed by atoms with Gasteiger partial charge in [0.1, 0.15) is 11.3 Å². The van der Waals surface area contributed by atoms with E-state index in [1.165, 1.54) is 32.7 Å². The molecule has 0 N–H and O–H groups in total. The molecule has 0 fully saturated rings. The van der Waals surface area contributed by atoms with Crippen molar-refractivity contribution in [2.24, 2.45) is 0 Å². The fourth-order valence-electron chi connectivity index (χ4n) is 7.80. The molecular formula is C52H35NO. The van der Waals surface area contributed by atoms with Crippen molar-refractivity contribution in [3.8, 4) is 44.7 Å². The van der Waals surface area contributed by atoms with Crippen LogP contribution in [0.1, 0.15) is 0 Å². The van der Waals surface area contributed by atoms with Crippen molar-refractivity contribution < 1.29 is 4.42 Å². The molecule has 0 bridgehead atoms. The second-order valence-electron chi connectivity index (χ2n) is 13.7. The van der Waals surface area contributed by atoms with Crippen LogP contribution in [0, 0.1) is 0 Å². The lowest BCUT2D eigenvalue weighted by molar-refractivity contribution is 0.632. The van der Waals surface area contributed by atoms with Crippen LogP contribution < -0.4 is 4.90 Å². The summed E-state index contributed by atoms with van der Waals surface area (Å²) in [5, 5.41) is 6.15. The molecule has 0 spiro atoms. The quantitative estimate of drug-likeness (QED) is 0.155. The van der Waals surface area contributed by atoms with E-state index in [1.54, 1.807) is 0 Å². The van der Waals surface area contributed by atoms with E-state index in [1.807, 2.05) is 12.1 Å². The van der Waals surface area contributed by atoms with Gasteiger partial charge in [0.2, 0.25) is 0 Å². The first kappa shape index (κ1) is 31.6. The number of hydrogen-bond donors (Lipinski definition) is 0. The molecule has 0 saturated heterocycles. The Balaban J connectivity index is 0.958. The first-order valence-corrected chi connectivity index (χ1v) is 18.4. The standard InChI is InChI=1S/C52H35NO/c1-3-13-40(14-4-1)51-49-20-9-10-21-50(49)54-52(51)43-16-11-15-41(34-43)38-24-22-36(23-25-38)37-28-30-45(31-29-37)53(44-17-5-2-6-18-44)46-32-33-48-42(35-46)27-26-39-12-7-8-19-47(39)48/h1-35H. The zero-order valence-corrected chi connectivity index (χ0v) is 29.6. The van der Waals surface area contributed by atoms with E-state index in [9.17, 15) is 0 Å². The number of nitrogens with zero attached hydrogens (tertiary/aromatic N) is 1. The van der Waals surface area contributed by atoms with Crippen molar-refractivity contribution in [1.29, 1.82) is 0 Å². The highest BCUT2D eigenvalue weighted by molar-refractivity contribution is 6.08. The second-order valence-corrected chi connectivity index (χ2v) is 13.7. The summed E-state index contributed by atoms with van der Waals surface area (Å²) in [6, 6.07) is 75.7. The van der Waals surface area contributed by atoms with Gasteiger partial charge < -0.3 is 9.32 Å². The maximum Gasteiger partial charge on any atom is 0.143 e. The van der Waals surface area contributed by atoms with Gasteiger partial charge in [-0.15, -0.1) is 0 Å². The molecule has 10 rings (SSSR count). The fourth-order valence-corrected chi connectivity index (χ4v) is 7.80. The molecule has 0 aliphatic rings. The molecule has 0 amide bonds. The molecule has 0 saturated carbocycles. The molecule has 1 heterocycles. The van der Waals surface area contributed by atoms with Crippen molar-refractivity contribution in [2.45, 2.75) is 0 Å². The Kier molecular flexibility index (Phi) is 7.85. The van der Waals surface area contributed by atoms with Gasteiger partial charge in [-0.3, -0.25) is 0 Å². The van der Waals surface area contributed by atoms with Crippen molar-refractivity contribution in [1.82, 2.24) is 0 Å². The van der Waals surface area contributed by atoms with Gasteiger partial charge in [0.25, 0.3) is 0 Å². The van der Waals surface area contributed by atoms with Gasteiger partial charge in [-0.1, -0.05) is 164 Å². The van der Waals surface area contributed by atoms with Crippen LogP contribution in [0.4, 0.5) is 17.1 Å². The number of fused-ring (bicyclic) bond motifs is 4. The Morgan fingerprint density at radius 1 is 0.296 bits per heavy atom. The molecule has 2 nitrogen and oxygen atoms in total. The maximum atomic E-state index is 6.52. The Morgan fingerprint density at radius 3 is 1.61 bits per heavy atom. The summed E-state index contributed by atoms with van der Waals surface area (Å²) in [5.41, 5.74) is 12.2. The number of rotatable bonds is 7. The fraction of sp³-hybridized carbons (Fsp3) is 0. The molecule has 0 aliphatic carbocycles. The molecule has 2 heteroatoms. The molecule has 54 heavy (non-hydrogen) atoms. The van der Waals surface area contributed by atoms with Crippen molar-refractivity contribution in [3.63, 3.8) is 0 Å². The smallest absolute Gasteiger partial charge is 0.143 e. The third-order valence-electron chi connectivity index (χ3n) is 10.5. The topological polar surface area (TPSA) is 16.4 Å². The van der Waals surface area contributed by atoms with Gasteiger partial charge in [0.05, 0.1) is 0 Å². The number of para-hydroxylation sites is 2. The third-order valence-corrected chi connectivity index (χ3v) is 10.5. The largest absolute Gasteiger partial charge is 0.455 e. The van der Waals surface area contributed by atoms with Crippen LogP contribution in [-0.2, 0) is 0 Å². The molecule has 0 radical (unpaired) electrons. The van der Waals surface area contributed by atoms with Crippen LogP contribution in [0.15, 0.2) is 217 Å². The predicted octanol–water partition coefficient (Wildman–Crippen LogP) is 14.9. The predicted molar refractivity (Wildman–Crippen MR) is 228 cm³/mol. The monoisotopic (exact) mass is 689 g/mol. The number of anilines is 3. The average Bonchev–Trinajstić information content (AvgIpc) is 3.65. The van der Waals surface area contributed by atoms with Gasteiger partial charge in [-0.25, -0.2) is 0 Å². The van der Waals surface area contributed by atoms with E-state index in [0.717, 1.165) is 61.6 Å². The highest BCUT2D eigenvalue weighted by Crippen LogP contribution is 2.42. The average molecular weight is 690 g/mol. The van der Waals surface area contributed by atoms with Crippen molar-refractivity contribution in [3.05, 3.63) is 212 Å². The lowest BCUT2D eigenvalue weighted by Gasteiger charge is -2.26. The van der Waals surface area contributed by atoms with E-state index >= 15 is 0 Å². The van der Waals surface area contributed by atoms with E-state index in [0.29, 0.717) is 0 Å². The molecule has 10 aromatic rings. The lowest BCUT2D eigenvalue weighted by atomic mass is 9.95. The molecular weight excluding hydrogens is 655 g/mol. The van der Waals surface area contributed by atoms with E-state index in [4.69, 9.17) is 4.42 Å². The Bertz CT molecular complexity index is 2910. The first-order valence-electron chi connectivity index (χ1n) is 18.4. The van der Waals surface area contributed by atoms with Gasteiger partial charge in [0.15, 0.2) is 0 Å².